The molecule has 62 valence electrons. The zero-order valence-corrected chi connectivity index (χ0v) is 7.53. The number of aliphatic hydroxyl groups excluding tert-OH is 1. The van der Waals surface area contributed by atoms with Crippen molar-refractivity contribution in [1.82, 2.24) is 0 Å². The van der Waals surface area contributed by atoms with Crippen LogP contribution in [0.5, 0.6) is 0 Å². The van der Waals surface area contributed by atoms with Crippen molar-refractivity contribution >= 4 is 22.9 Å². The van der Waals surface area contributed by atoms with Gasteiger partial charge < -0.3 is 10.8 Å². The maximum atomic E-state index is 9.16. The predicted octanol–water partition coefficient (Wildman–Crippen LogP) is 1.26. The molecule has 1 aromatic rings. The van der Waals surface area contributed by atoms with Crippen molar-refractivity contribution in [2.75, 3.05) is 6.54 Å². The van der Waals surface area contributed by atoms with E-state index in [2.05, 4.69) is 0 Å². The molecule has 0 saturated carbocycles. The van der Waals surface area contributed by atoms with Crippen LogP contribution in [0.4, 0.5) is 0 Å². The molecule has 0 fully saturated rings. The number of thiophene rings is 1. The minimum Gasteiger partial charge on any atom is -0.391 e. The van der Waals surface area contributed by atoms with Crippen LogP contribution in [0.2, 0.25) is 5.02 Å². The highest BCUT2D eigenvalue weighted by Crippen LogP contribution is 2.20. The molecule has 4 heteroatoms. The third kappa shape index (κ3) is 2.79. The fourth-order valence-corrected chi connectivity index (χ4v) is 1.92. The Kier molecular flexibility index (Phi) is 3.33. The molecule has 0 amide bonds. The predicted molar refractivity (Wildman–Crippen MR) is 48.1 cm³/mol. The quantitative estimate of drug-likeness (QED) is 0.756. The van der Waals surface area contributed by atoms with Gasteiger partial charge in [0.15, 0.2) is 0 Å². The van der Waals surface area contributed by atoms with Gasteiger partial charge in [0, 0.05) is 23.2 Å². The molecule has 0 spiro atoms. The minimum atomic E-state index is -0.440. The lowest BCUT2D eigenvalue weighted by molar-refractivity contribution is 0.184. The normalized spacial score (nSPS) is 13.4. The Labute approximate surface area is 74.6 Å². The first-order chi connectivity index (χ1) is 5.22. The van der Waals surface area contributed by atoms with Crippen molar-refractivity contribution in [2.45, 2.75) is 12.5 Å². The van der Waals surface area contributed by atoms with Gasteiger partial charge in [-0.2, -0.15) is 0 Å². The van der Waals surface area contributed by atoms with Gasteiger partial charge in [-0.15, -0.1) is 11.3 Å². The van der Waals surface area contributed by atoms with Gasteiger partial charge >= 0.3 is 0 Å². The zero-order valence-electron chi connectivity index (χ0n) is 5.96. The van der Waals surface area contributed by atoms with E-state index in [4.69, 9.17) is 22.4 Å². The summed E-state index contributed by atoms with van der Waals surface area (Å²) in [5.41, 5.74) is 5.25. The molecule has 1 heterocycles. The Morgan fingerprint density at radius 2 is 2.45 bits per heavy atom. The van der Waals surface area contributed by atoms with Gasteiger partial charge in [-0.1, -0.05) is 11.6 Å². The topological polar surface area (TPSA) is 46.2 Å². The number of nitrogens with two attached hydrogens (primary N) is 1. The van der Waals surface area contributed by atoms with E-state index in [0.717, 1.165) is 9.90 Å². The summed E-state index contributed by atoms with van der Waals surface area (Å²) in [6.07, 6.45) is 0.165. The van der Waals surface area contributed by atoms with Gasteiger partial charge in [-0.25, -0.2) is 0 Å². The third-order valence-electron chi connectivity index (χ3n) is 1.33. The highest BCUT2D eigenvalue weighted by atomic mass is 35.5. The van der Waals surface area contributed by atoms with Gasteiger partial charge in [-0.3, -0.25) is 0 Å². The molecule has 2 nitrogen and oxygen atoms in total. The van der Waals surface area contributed by atoms with E-state index in [1.54, 1.807) is 11.3 Å². The average molecular weight is 192 g/mol. The molecule has 0 bridgehead atoms. The zero-order chi connectivity index (χ0) is 8.27. The number of rotatable bonds is 3. The Morgan fingerprint density at radius 3 is 2.91 bits per heavy atom. The van der Waals surface area contributed by atoms with Crippen molar-refractivity contribution in [2.24, 2.45) is 5.73 Å². The van der Waals surface area contributed by atoms with Crippen LogP contribution in [0.3, 0.4) is 0 Å². The highest BCUT2D eigenvalue weighted by molar-refractivity contribution is 7.10. The van der Waals surface area contributed by atoms with Crippen molar-refractivity contribution in [3.8, 4) is 0 Å². The summed E-state index contributed by atoms with van der Waals surface area (Å²) in [5.74, 6) is 0. The summed E-state index contributed by atoms with van der Waals surface area (Å²) in [6.45, 7) is 0.301. The molecular weight excluding hydrogens is 182 g/mol. The SMILES string of the molecule is NCC(O)Cc1cc(Cl)cs1. The molecular formula is C7H10ClNOS. The smallest absolute Gasteiger partial charge is 0.0710 e. The van der Waals surface area contributed by atoms with Gasteiger partial charge in [0.25, 0.3) is 0 Å². The standard InChI is InChI=1S/C7H10ClNOS/c8-5-1-7(11-4-5)2-6(10)3-9/h1,4,6,10H,2-3,9H2. The van der Waals surface area contributed by atoms with Crippen LogP contribution in [0.1, 0.15) is 4.88 Å². The van der Waals surface area contributed by atoms with E-state index in [1.807, 2.05) is 11.4 Å². The van der Waals surface area contributed by atoms with Gasteiger partial charge in [0.1, 0.15) is 0 Å². The first-order valence-corrected chi connectivity index (χ1v) is 4.59. The van der Waals surface area contributed by atoms with Crippen LogP contribution in [0.15, 0.2) is 11.4 Å². The number of aliphatic hydroxyl groups is 1. The Balaban J connectivity index is 2.50. The van der Waals surface area contributed by atoms with Crippen molar-refractivity contribution in [3.05, 3.63) is 21.3 Å². The molecule has 1 rings (SSSR count). The minimum absolute atomic E-state index is 0.301. The lowest BCUT2D eigenvalue weighted by Crippen LogP contribution is -2.21. The Hall–Kier alpha value is -0.0900. The summed E-state index contributed by atoms with van der Waals surface area (Å²) in [4.78, 5) is 1.08. The van der Waals surface area contributed by atoms with Crippen LogP contribution in [-0.2, 0) is 6.42 Å². The molecule has 3 N–H and O–H groups in total. The maximum absolute atomic E-state index is 9.16. The van der Waals surface area contributed by atoms with Crippen LogP contribution in [-0.4, -0.2) is 17.8 Å². The van der Waals surface area contributed by atoms with E-state index < -0.39 is 6.10 Å². The fourth-order valence-electron chi connectivity index (χ4n) is 0.776. The van der Waals surface area contributed by atoms with Crippen LogP contribution >= 0.6 is 22.9 Å². The second kappa shape index (κ2) is 4.07. The summed E-state index contributed by atoms with van der Waals surface area (Å²) < 4.78 is 0. The van der Waals surface area contributed by atoms with Crippen molar-refractivity contribution in [3.63, 3.8) is 0 Å². The van der Waals surface area contributed by atoms with Crippen molar-refractivity contribution < 1.29 is 5.11 Å². The molecule has 0 aliphatic heterocycles. The molecule has 0 saturated heterocycles. The van der Waals surface area contributed by atoms with Gasteiger partial charge in [0.2, 0.25) is 0 Å². The molecule has 0 aliphatic carbocycles. The lowest BCUT2D eigenvalue weighted by atomic mass is 10.2. The van der Waals surface area contributed by atoms with Crippen LogP contribution in [0, 0.1) is 0 Å². The molecule has 1 aromatic heterocycles. The summed E-state index contributed by atoms with van der Waals surface area (Å²) in [6, 6.07) is 1.85. The average Bonchev–Trinajstić information content (AvgIpc) is 2.35. The summed E-state index contributed by atoms with van der Waals surface area (Å²) in [5, 5.41) is 11.7. The fraction of sp³-hybridized carbons (Fsp3) is 0.429. The molecule has 1 unspecified atom stereocenters. The molecule has 11 heavy (non-hydrogen) atoms. The first-order valence-electron chi connectivity index (χ1n) is 3.33. The highest BCUT2D eigenvalue weighted by Gasteiger charge is 2.04. The maximum Gasteiger partial charge on any atom is 0.0710 e. The number of halogens is 1. The van der Waals surface area contributed by atoms with Crippen molar-refractivity contribution in [1.29, 1.82) is 0 Å². The monoisotopic (exact) mass is 191 g/mol. The van der Waals surface area contributed by atoms with Gasteiger partial charge in [-0.05, 0) is 6.07 Å². The van der Waals surface area contributed by atoms with E-state index >= 15 is 0 Å². The Morgan fingerprint density at radius 1 is 1.73 bits per heavy atom. The van der Waals surface area contributed by atoms with Crippen LogP contribution in [0.25, 0.3) is 0 Å². The number of hydrogen-bond donors (Lipinski definition) is 2. The number of hydrogen-bond acceptors (Lipinski definition) is 3. The molecule has 0 aromatic carbocycles. The third-order valence-corrected chi connectivity index (χ3v) is 2.64. The van der Waals surface area contributed by atoms with Crippen LogP contribution < -0.4 is 5.73 Å². The van der Waals surface area contributed by atoms with E-state index in [9.17, 15) is 0 Å². The Bertz CT molecular complexity index is 226. The molecule has 0 radical (unpaired) electrons. The lowest BCUT2D eigenvalue weighted by Gasteiger charge is -2.03. The summed E-state index contributed by atoms with van der Waals surface area (Å²) in [7, 11) is 0. The second-order valence-electron chi connectivity index (χ2n) is 2.32. The van der Waals surface area contributed by atoms with E-state index in [1.165, 1.54) is 0 Å². The molecule has 0 aliphatic rings. The summed E-state index contributed by atoms with van der Waals surface area (Å²) >= 11 is 7.23. The second-order valence-corrected chi connectivity index (χ2v) is 3.76. The van der Waals surface area contributed by atoms with E-state index in [-0.39, 0.29) is 0 Å². The largest absolute Gasteiger partial charge is 0.391 e. The first kappa shape index (κ1) is 9.00. The van der Waals surface area contributed by atoms with Gasteiger partial charge in [0.05, 0.1) is 11.1 Å². The molecule has 1 atom stereocenters. The van der Waals surface area contributed by atoms with E-state index in [0.29, 0.717) is 13.0 Å².